The number of likely N-dealkylation sites (N-methyl/N-ethyl adjacent to an activating group) is 1. The molecule has 7 nitrogen and oxygen atoms in total. The Labute approximate surface area is 177 Å². The smallest absolute Gasteiger partial charge is 0.326 e. The second-order valence-electron chi connectivity index (χ2n) is 8.64. The summed E-state index contributed by atoms with van der Waals surface area (Å²) in [6, 6.07) is 2.06. The van der Waals surface area contributed by atoms with Crippen LogP contribution in [0.25, 0.3) is 0 Å². The van der Waals surface area contributed by atoms with Gasteiger partial charge in [-0.05, 0) is 58.3 Å². The maximum Gasteiger partial charge on any atom is 0.326 e. The average molecular weight is 424 g/mol. The highest BCUT2D eigenvalue weighted by molar-refractivity contribution is 7.10. The van der Waals surface area contributed by atoms with Gasteiger partial charge in [-0.1, -0.05) is 0 Å². The highest BCUT2D eigenvalue weighted by atomic mass is 32.1. The summed E-state index contributed by atoms with van der Waals surface area (Å²) in [5.74, 6) is -0.642. The molecule has 0 bridgehead atoms. The topological polar surface area (TPSA) is 70.2 Å². The summed E-state index contributed by atoms with van der Waals surface area (Å²) in [7, 11) is 3.82. The van der Waals surface area contributed by atoms with E-state index in [1.807, 2.05) is 23.9 Å². The van der Waals surface area contributed by atoms with Crippen molar-refractivity contribution in [2.45, 2.75) is 52.2 Å². The quantitative estimate of drug-likeness (QED) is 0.599. The van der Waals surface area contributed by atoms with Crippen LogP contribution in [0, 0.1) is 0 Å². The molecule has 0 spiro atoms. The highest BCUT2D eigenvalue weighted by Crippen LogP contribution is 2.24. The third kappa shape index (κ3) is 7.78. The normalized spacial score (nSPS) is 13.9. The van der Waals surface area contributed by atoms with Crippen LogP contribution in [-0.2, 0) is 32.1 Å². The summed E-state index contributed by atoms with van der Waals surface area (Å²) in [4.78, 5) is 44.1. The zero-order valence-electron chi connectivity index (χ0n) is 18.2. The van der Waals surface area contributed by atoms with Gasteiger partial charge in [0.1, 0.15) is 12.1 Å². The van der Waals surface area contributed by atoms with E-state index in [1.54, 1.807) is 32.1 Å². The number of hydrogen-bond acceptors (Lipinski definition) is 6. The predicted molar refractivity (Wildman–Crippen MR) is 114 cm³/mol. The van der Waals surface area contributed by atoms with Gasteiger partial charge in [0.2, 0.25) is 11.8 Å². The first-order valence-electron chi connectivity index (χ1n) is 10.0. The van der Waals surface area contributed by atoms with Crippen LogP contribution in [0.2, 0.25) is 0 Å². The molecule has 1 aliphatic heterocycles. The summed E-state index contributed by atoms with van der Waals surface area (Å²) in [5, 5.41) is 2.06. The van der Waals surface area contributed by atoms with Crippen molar-refractivity contribution in [1.29, 1.82) is 0 Å². The maximum absolute atomic E-state index is 12.7. The highest BCUT2D eigenvalue weighted by Gasteiger charge is 2.25. The van der Waals surface area contributed by atoms with Crippen molar-refractivity contribution in [3.8, 4) is 0 Å². The Morgan fingerprint density at radius 3 is 2.55 bits per heavy atom. The fraction of sp³-hybridized carbons (Fsp3) is 0.667. The Morgan fingerprint density at radius 1 is 1.17 bits per heavy atom. The van der Waals surface area contributed by atoms with Gasteiger partial charge in [-0.15, -0.1) is 11.3 Å². The molecule has 1 aromatic rings. The number of ether oxygens (including phenoxy) is 1. The Morgan fingerprint density at radius 2 is 1.90 bits per heavy atom. The van der Waals surface area contributed by atoms with Crippen LogP contribution in [0.15, 0.2) is 11.4 Å². The Bertz CT molecular complexity index is 724. The van der Waals surface area contributed by atoms with Crippen LogP contribution in [0.1, 0.15) is 44.1 Å². The Hall–Kier alpha value is -1.93. The van der Waals surface area contributed by atoms with E-state index in [9.17, 15) is 14.4 Å². The van der Waals surface area contributed by atoms with E-state index in [-0.39, 0.29) is 31.2 Å². The minimum Gasteiger partial charge on any atom is -0.459 e. The molecular formula is C21H33N3O4S. The van der Waals surface area contributed by atoms with Gasteiger partial charge in [0.15, 0.2) is 0 Å². The lowest BCUT2D eigenvalue weighted by Gasteiger charge is -2.28. The molecule has 2 rings (SSSR count). The zero-order chi connectivity index (χ0) is 21.6. The zero-order valence-corrected chi connectivity index (χ0v) is 19.0. The van der Waals surface area contributed by atoms with Crippen molar-refractivity contribution in [2.75, 3.05) is 40.3 Å². The second-order valence-corrected chi connectivity index (χ2v) is 9.64. The van der Waals surface area contributed by atoms with Gasteiger partial charge in [-0.2, -0.15) is 0 Å². The number of esters is 1. The monoisotopic (exact) mass is 423 g/mol. The number of rotatable bonds is 8. The molecular weight excluding hydrogens is 390 g/mol. The van der Waals surface area contributed by atoms with Crippen LogP contribution < -0.4 is 0 Å². The minimum absolute atomic E-state index is 0.0139. The SMILES string of the molecule is CN(C)CCN(CC(=O)OC(C)(C)C)C(=O)CCC(=O)N1CCc2sccc2C1. The second kappa shape index (κ2) is 10.2. The van der Waals surface area contributed by atoms with Crippen LogP contribution in [0.3, 0.4) is 0 Å². The Balaban J connectivity index is 1.89. The number of fused-ring (bicyclic) bond motifs is 1. The molecule has 162 valence electrons. The molecule has 8 heteroatoms. The summed E-state index contributed by atoms with van der Waals surface area (Å²) in [6.07, 6.45) is 1.13. The number of thiophene rings is 1. The molecule has 0 aromatic carbocycles. The number of carbonyl (C=O) groups excluding carboxylic acids is 3. The summed E-state index contributed by atoms with van der Waals surface area (Å²) >= 11 is 1.73. The first-order valence-corrected chi connectivity index (χ1v) is 10.9. The summed E-state index contributed by atoms with van der Waals surface area (Å²) in [6.45, 7) is 7.67. The standard InChI is InChI=1S/C21H33N3O4S/c1-21(2,3)28-20(27)15-24(12-11-22(4)5)19(26)7-6-18(25)23-10-8-17-16(14-23)9-13-29-17/h9,13H,6-8,10-12,14-15H2,1-5H3. The summed E-state index contributed by atoms with van der Waals surface area (Å²) in [5.41, 5.74) is 0.608. The van der Waals surface area contributed by atoms with Gasteiger partial charge < -0.3 is 19.4 Å². The number of carbonyl (C=O) groups is 3. The van der Waals surface area contributed by atoms with Crippen LogP contribution in [-0.4, -0.2) is 78.4 Å². The molecule has 0 atom stereocenters. The van der Waals surface area contributed by atoms with Gasteiger partial charge in [0, 0.05) is 43.9 Å². The first-order chi connectivity index (χ1) is 13.5. The third-order valence-electron chi connectivity index (χ3n) is 4.62. The van der Waals surface area contributed by atoms with Crippen molar-refractivity contribution < 1.29 is 19.1 Å². The molecule has 2 amide bonds. The largest absolute Gasteiger partial charge is 0.459 e. The van der Waals surface area contributed by atoms with Gasteiger partial charge >= 0.3 is 5.97 Å². The fourth-order valence-corrected chi connectivity index (χ4v) is 4.02. The number of amides is 2. The van der Waals surface area contributed by atoms with Gasteiger partial charge in [0.05, 0.1) is 0 Å². The fourth-order valence-electron chi connectivity index (χ4n) is 3.13. The van der Waals surface area contributed by atoms with E-state index in [4.69, 9.17) is 4.74 Å². The van der Waals surface area contributed by atoms with E-state index in [0.717, 1.165) is 6.42 Å². The number of hydrogen-bond donors (Lipinski definition) is 0. The molecule has 0 aliphatic carbocycles. The molecule has 0 saturated carbocycles. The molecule has 0 unspecified atom stereocenters. The van der Waals surface area contributed by atoms with E-state index in [1.165, 1.54) is 15.3 Å². The van der Waals surface area contributed by atoms with E-state index >= 15 is 0 Å². The van der Waals surface area contributed by atoms with E-state index in [2.05, 4.69) is 11.4 Å². The minimum atomic E-state index is -0.599. The van der Waals surface area contributed by atoms with Crippen molar-refractivity contribution in [2.24, 2.45) is 0 Å². The first kappa shape index (κ1) is 23.3. The lowest BCUT2D eigenvalue weighted by atomic mass is 10.1. The molecule has 0 radical (unpaired) electrons. The molecule has 0 N–H and O–H groups in total. The molecule has 0 saturated heterocycles. The molecule has 1 aromatic heterocycles. The van der Waals surface area contributed by atoms with Crippen LogP contribution in [0.5, 0.6) is 0 Å². The summed E-state index contributed by atoms with van der Waals surface area (Å²) < 4.78 is 5.35. The average Bonchev–Trinajstić information content (AvgIpc) is 3.08. The van der Waals surface area contributed by atoms with Crippen molar-refractivity contribution in [1.82, 2.24) is 14.7 Å². The van der Waals surface area contributed by atoms with Gasteiger partial charge in [-0.25, -0.2) is 0 Å². The van der Waals surface area contributed by atoms with E-state index < -0.39 is 11.6 Å². The lowest BCUT2D eigenvalue weighted by Crippen LogP contribution is -2.42. The van der Waals surface area contributed by atoms with Crippen molar-refractivity contribution >= 4 is 29.1 Å². The van der Waals surface area contributed by atoms with E-state index in [0.29, 0.717) is 26.2 Å². The molecule has 1 aliphatic rings. The Kier molecular flexibility index (Phi) is 8.22. The van der Waals surface area contributed by atoms with Crippen molar-refractivity contribution in [3.63, 3.8) is 0 Å². The van der Waals surface area contributed by atoms with Gasteiger partial charge in [0.25, 0.3) is 0 Å². The lowest BCUT2D eigenvalue weighted by molar-refractivity contribution is -0.159. The number of nitrogens with zero attached hydrogens (tertiary/aromatic N) is 3. The molecule has 0 fully saturated rings. The van der Waals surface area contributed by atoms with Crippen molar-refractivity contribution in [3.05, 3.63) is 21.9 Å². The molecule has 29 heavy (non-hydrogen) atoms. The van der Waals surface area contributed by atoms with Gasteiger partial charge in [-0.3, -0.25) is 14.4 Å². The van der Waals surface area contributed by atoms with Crippen LogP contribution >= 0.6 is 11.3 Å². The predicted octanol–water partition coefficient (Wildman–Crippen LogP) is 2.14. The molecule has 2 heterocycles. The maximum atomic E-state index is 12.7. The third-order valence-corrected chi connectivity index (χ3v) is 5.65. The van der Waals surface area contributed by atoms with Crippen LogP contribution in [0.4, 0.5) is 0 Å².